The molecule has 0 unspecified atom stereocenters. The molecule has 4 nitrogen and oxygen atoms in total. The summed E-state index contributed by atoms with van der Waals surface area (Å²) < 4.78 is 5.25. The third-order valence-electron chi connectivity index (χ3n) is 2.92. The zero-order valence-corrected chi connectivity index (χ0v) is 12.8. The van der Waals surface area contributed by atoms with Gasteiger partial charge < -0.3 is 9.73 Å². The van der Waals surface area contributed by atoms with Gasteiger partial charge in [-0.1, -0.05) is 42.1 Å². The molecule has 1 heterocycles. The Morgan fingerprint density at radius 1 is 1.09 bits per heavy atom. The van der Waals surface area contributed by atoms with Crippen molar-refractivity contribution in [3.05, 3.63) is 72.4 Å². The molecule has 1 N–H and O–H groups in total. The van der Waals surface area contributed by atoms with Gasteiger partial charge in [0.05, 0.1) is 11.9 Å². The van der Waals surface area contributed by atoms with Gasteiger partial charge in [-0.3, -0.25) is 4.79 Å². The lowest BCUT2D eigenvalue weighted by Crippen LogP contribution is -2.12. The van der Waals surface area contributed by atoms with E-state index in [0.29, 0.717) is 5.76 Å². The molecule has 0 aliphatic carbocycles. The van der Waals surface area contributed by atoms with Crippen LogP contribution in [0.1, 0.15) is 16.4 Å². The molecule has 3 rings (SSSR count). The van der Waals surface area contributed by atoms with Gasteiger partial charge in [0.1, 0.15) is 5.76 Å². The maximum atomic E-state index is 12.2. The van der Waals surface area contributed by atoms with Crippen LogP contribution in [-0.4, -0.2) is 10.9 Å². The summed E-state index contributed by atoms with van der Waals surface area (Å²) in [5.74, 6) is 0.323. The standard InChI is InChI=1S/C17H14N2O2S/c1-12-11-18-17(21-12)16(20)19-14-9-5-6-10-15(14)22-13-7-3-2-4-8-13/h2-11H,1H3,(H,19,20). The molecule has 0 saturated heterocycles. The van der Waals surface area contributed by atoms with Crippen LogP contribution >= 0.6 is 11.8 Å². The summed E-state index contributed by atoms with van der Waals surface area (Å²) in [6, 6.07) is 17.6. The summed E-state index contributed by atoms with van der Waals surface area (Å²) in [7, 11) is 0. The van der Waals surface area contributed by atoms with Crippen LogP contribution in [0, 0.1) is 6.92 Å². The Balaban J connectivity index is 1.81. The zero-order chi connectivity index (χ0) is 15.4. The van der Waals surface area contributed by atoms with Crippen molar-refractivity contribution in [3.63, 3.8) is 0 Å². The smallest absolute Gasteiger partial charge is 0.311 e. The quantitative estimate of drug-likeness (QED) is 0.776. The van der Waals surface area contributed by atoms with Gasteiger partial charge >= 0.3 is 5.91 Å². The summed E-state index contributed by atoms with van der Waals surface area (Å²) in [5, 5.41) is 2.84. The fourth-order valence-electron chi connectivity index (χ4n) is 1.91. The second-order valence-corrected chi connectivity index (χ2v) is 5.76. The molecule has 0 fully saturated rings. The Labute approximate surface area is 132 Å². The summed E-state index contributed by atoms with van der Waals surface area (Å²) >= 11 is 1.59. The van der Waals surface area contributed by atoms with Crippen LogP contribution in [0.15, 0.2) is 75.0 Å². The lowest BCUT2D eigenvalue weighted by molar-refractivity contribution is 0.0988. The number of rotatable bonds is 4. The van der Waals surface area contributed by atoms with E-state index in [-0.39, 0.29) is 11.8 Å². The maximum Gasteiger partial charge on any atom is 0.311 e. The number of oxazole rings is 1. The van der Waals surface area contributed by atoms with Crippen LogP contribution in [0.2, 0.25) is 0 Å². The number of carbonyl (C=O) groups is 1. The summed E-state index contributed by atoms with van der Waals surface area (Å²) in [5.41, 5.74) is 0.734. The van der Waals surface area contributed by atoms with Gasteiger partial charge in [-0.2, -0.15) is 0 Å². The van der Waals surface area contributed by atoms with E-state index in [1.807, 2.05) is 54.6 Å². The number of aromatic nitrogens is 1. The van der Waals surface area contributed by atoms with Gasteiger partial charge in [0.2, 0.25) is 0 Å². The third kappa shape index (κ3) is 3.38. The molecule has 22 heavy (non-hydrogen) atoms. The highest BCUT2D eigenvalue weighted by Crippen LogP contribution is 2.33. The number of carbonyl (C=O) groups excluding carboxylic acids is 1. The molecule has 0 radical (unpaired) electrons. The zero-order valence-electron chi connectivity index (χ0n) is 11.9. The highest BCUT2D eigenvalue weighted by molar-refractivity contribution is 7.99. The monoisotopic (exact) mass is 310 g/mol. The minimum atomic E-state index is -0.353. The first-order valence-electron chi connectivity index (χ1n) is 6.78. The molecule has 5 heteroatoms. The fourth-order valence-corrected chi connectivity index (χ4v) is 2.83. The van der Waals surface area contributed by atoms with E-state index in [0.717, 1.165) is 15.5 Å². The predicted octanol–water partition coefficient (Wildman–Crippen LogP) is 4.39. The predicted molar refractivity (Wildman–Crippen MR) is 86.2 cm³/mol. The molecular weight excluding hydrogens is 296 g/mol. The normalized spacial score (nSPS) is 10.4. The first-order chi connectivity index (χ1) is 10.7. The number of hydrogen-bond acceptors (Lipinski definition) is 4. The highest BCUT2D eigenvalue weighted by Gasteiger charge is 2.14. The van der Waals surface area contributed by atoms with E-state index in [1.54, 1.807) is 18.7 Å². The maximum absolute atomic E-state index is 12.2. The largest absolute Gasteiger partial charge is 0.438 e. The fraction of sp³-hybridized carbons (Fsp3) is 0.0588. The van der Waals surface area contributed by atoms with Gasteiger partial charge in [-0.25, -0.2) is 4.98 Å². The molecule has 0 aliphatic rings. The molecule has 0 atom stereocenters. The molecule has 0 aliphatic heterocycles. The van der Waals surface area contributed by atoms with Crippen LogP contribution < -0.4 is 5.32 Å². The van der Waals surface area contributed by atoms with Crippen molar-refractivity contribution < 1.29 is 9.21 Å². The molecular formula is C17H14N2O2S. The van der Waals surface area contributed by atoms with Gasteiger partial charge in [0.25, 0.3) is 5.89 Å². The molecule has 1 aromatic heterocycles. The van der Waals surface area contributed by atoms with Crippen molar-refractivity contribution in [2.24, 2.45) is 0 Å². The Bertz CT molecular complexity index is 784. The average molecular weight is 310 g/mol. The van der Waals surface area contributed by atoms with Crippen molar-refractivity contribution in [1.82, 2.24) is 4.98 Å². The van der Waals surface area contributed by atoms with Crippen LogP contribution in [0.5, 0.6) is 0 Å². The van der Waals surface area contributed by atoms with E-state index >= 15 is 0 Å². The molecule has 1 amide bonds. The van der Waals surface area contributed by atoms with E-state index in [1.165, 1.54) is 6.20 Å². The summed E-state index contributed by atoms with van der Waals surface area (Å²) in [4.78, 5) is 18.2. The van der Waals surface area contributed by atoms with Gasteiger partial charge in [0.15, 0.2) is 0 Å². The van der Waals surface area contributed by atoms with Crippen LogP contribution in [0.25, 0.3) is 0 Å². The van der Waals surface area contributed by atoms with Gasteiger partial charge in [-0.15, -0.1) is 0 Å². The second kappa shape index (κ2) is 6.49. The first-order valence-corrected chi connectivity index (χ1v) is 7.60. The van der Waals surface area contributed by atoms with Crippen molar-refractivity contribution in [1.29, 1.82) is 0 Å². The number of nitrogens with zero attached hydrogens (tertiary/aromatic N) is 1. The highest BCUT2D eigenvalue weighted by atomic mass is 32.2. The Morgan fingerprint density at radius 2 is 1.82 bits per heavy atom. The van der Waals surface area contributed by atoms with Crippen molar-refractivity contribution in [2.75, 3.05) is 5.32 Å². The number of nitrogens with one attached hydrogen (secondary N) is 1. The van der Waals surface area contributed by atoms with Crippen LogP contribution in [0.4, 0.5) is 5.69 Å². The lowest BCUT2D eigenvalue weighted by Gasteiger charge is -2.09. The molecule has 0 saturated carbocycles. The summed E-state index contributed by atoms with van der Waals surface area (Å²) in [6.07, 6.45) is 1.53. The molecule has 0 bridgehead atoms. The van der Waals surface area contributed by atoms with E-state index in [9.17, 15) is 4.79 Å². The van der Waals surface area contributed by atoms with Crippen molar-refractivity contribution >= 4 is 23.4 Å². The Morgan fingerprint density at radius 3 is 2.55 bits per heavy atom. The summed E-state index contributed by atoms with van der Waals surface area (Å²) in [6.45, 7) is 1.75. The van der Waals surface area contributed by atoms with Crippen molar-refractivity contribution in [2.45, 2.75) is 16.7 Å². The minimum absolute atomic E-state index is 0.0667. The molecule has 2 aromatic carbocycles. The number of benzene rings is 2. The number of anilines is 1. The SMILES string of the molecule is Cc1cnc(C(=O)Nc2ccccc2Sc2ccccc2)o1. The van der Waals surface area contributed by atoms with E-state index in [4.69, 9.17) is 4.42 Å². The molecule has 110 valence electrons. The van der Waals surface area contributed by atoms with Crippen LogP contribution in [-0.2, 0) is 0 Å². The number of aryl methyl sites for hydroxylation is 1. The lowest BCUT2D eigenvalue weighted by atomic mass is 10.3. The Kier molecular flexibility index (Phi) is 4.25. The van der Waals surface area contributed by atoms with Gasteiger partial charge in [0, 0.05) is 9.79 Å². The Hall–Kier alpha value is -2.53. The topological polar surface area (TPSA) is 55.1 Å². The number of para-hydroxylation sites is 1. The molecule has 0 spiro atoms. The average Bonchev–Trinajstić information content (AvgIpc) is 2.97. The van der Waals surface area contributed by atoms with E-state index < -0.39 is 0 Å². The third-order valence-corrected chi connectivity index (χ3v) is 4.01. The minimum Gasteiger partial charge on any atom is -0.438 e. The van der Waals surface area contributed by atoms with Crippen molar-refractivity contribution in [3.8, 4) is 0 Å². The number of amides is 1. The van der Waals surface area contributed by atoms with Crippen LogP contribution in [0.3, 0.4) is 0 Å². The first kappa shape index (κ1) is 14.4. The number of hydrogen-bond donors (Lipinski definition) is 1. The second-order valence-electron chi connectivity index (χ2n) is 4.64. The van der Waals surface area contributed by atoms with Gasteiger partial charge in [-0.05, 0) is 31.2 Å². The molecule has 3 aromatic rings. The van der Waals surface area contributed by atoms with E-state index in [2.05, 4.69) is 10.3 Å².